The third kappa shape index (κ3) is 2.46. The van der Waals surface area contributed by atoms with Crippen LogP contribution >= 0.6 is 11.6 Å². The maximum Gasteiger partial charge on any atom is 0.321 e. The van der Waals surface area contributed by atoms with Crippen LogP contribution < -0.4 is 5.32 Å². The van der Waals surface area contributed by atoms with Crippen LogP contribution in [0.1, 0.15) is 37.3 Å². The number of carbonyl (C=O) groups excluding carboxylic acids is 1. The molecule has 0 aliphatic carbocycles. The average molecular weight is 267 g/mol. The minimum Gasteiger partial charge on any atom is -0.323 e. The monoisotopic (exact) mass is 266 g/mol. The molecule has 1 aliphatic rings. The molecule has 0 aromatic heterocycles. The van der Waals surface area contributed by atoms with Gasteiger partial charge in [-0.25, -0.2) is 4.79 Å². The number of halogens is 1. The predicted molar refractivity (Wildman–Crippen MR) is 75.0 cm³/mol. The molecule has 0 radical (unpaired) electrons. The van der Waals surface area contributed by atoms with Crippen LogP contribution in [0.2, 0.25) is 0 Å². The van der Waals surface area contributed by atoms with E-state index in [4.69, 9.17) is 11.6 Å². The molecule has 1 aliphatic heterocycles. The van der Waals surface area contributed by atoms with Gasteiger partial charge in [0, 0.05) is 19.3 Å². The highest BCUT2D eigenvalue weighted by molar-refractivity contribution is 6.21. The molecule has 2 rings (SSSR count). The quantitative estimate of drug-likeness (QED) is 0.766. The van der Waals surface area contributed by atoms with E-state index in [9.17, 15) is 4.79 Å². The fraction of sp³-hybridized carbons (Fsp3) is 0.500. The first-order chi connectivity index (χ1) is 8.29. The Morgan fingerprint density at radius 2 is 2.06 bits per heavy atom. The second kappa shape index (κ2) is 4.47. The van der Waals surface area contributed by atoms with Gasteiger partial charge in [0.05, 0.1) is 5.38 Å². The van der Waals surface area contributed by atoms with Crippen molar-refractivity contribution in [3.63, 3.8) is 0 Å². The number of amides is 2. The molecule has 1 N–H and O–H groups in total. The van der Waals surface area contributed by atoms with E-state index in [1.54, 1.807) is 11.9 Å². The Morgan fingerprint density at radius 3 is 2.67 bits per heavy atom. The zero-order chi connectivity index (χ0) is 13.5. The van der Waals surface area contributed by atoms with E-state index in [2.05, 4.69) is 32.2 Å². The Morgan fingerprint density at radius 1 is 1.39 bits per heavy atom. The molecular weight excluding hydrogens is 248 g/mol. The number of alkyl halides is 1. The summed E-state index contributed by atoms with van der Waals surface area (Å²) in [5.41, 5.74) is 3.12. The van der Waals surface area contributed by atoms with Gasteiger partial charge >= 0.3 is 6.03 Å². The number of anilines is 1. The predicted octanol–water partition coefficient (Wildman–Crippen LogP) is 3.99. The van der Waals surface area contributed by atoms with Crippen molar-refractivity contribution in [2.45, 2.75) is 32.7 Å². The van der Waals surface area contributed by atoms with Gasteiger partial charge in [-0.3, -0.25) is 0 Å². The Hall–Kier alpha value is -1.22. The van der Waals surface area contributed by atoms with Crippen LogP contribution in [-0.4, -0.2) is 18.0 Å². The van der Waals surface area contributed by atoms with Gasteiger partial charge in [-0.05, 0) is 22.6 Å². The number of hydrogen-bond donors (Lipinski definition) is 1. The number of rotatable bonds is 1. The number of nitrogens with zero attached hydrogens (tertiary/aromatic N) is 1. The van der Waals surface area contributed by atoms with E-state index in [-0.39, 0.29) is 16.8 Å². The maximum atomic E-state index is 11.5. The van der Waals surface area contributed by atoms with Crippen LogP contribution in [0.3, 0.4) is 0 Å². The van der Waals surface area contributed by atoms with Crippen molar-refractivity contribution < 1.29 is 4.79 Å². The minimum absolute atomic E-state index is 0.0135. The number of urea groups is 1. The van der Waals surface area contributed by atoms with Crippen LogP contribution in [-0.2, 0) is 6.54 Å². The highest BCUT2D eigenvalue weighted by atomic mass is 35.5. The number of fused-ring (bicyclic) bond motifs is 1. The van der Waals surface area contributed by atoms with Gasteiger partial charge in [0.15, 0.2) is 0 Å². The van der Waals surface area contributed by atoms with Crippen molar-refractivity contribution >= 4 is 23.3 Å². The van der Waals surface area contributed by atoms with E-state index >= 15 is 0 Å². The molecule has 1 unspecified atom stereocenters. The second-order valence-corrected chi connectivity index (χ2v) is 6.37. The fourth-order valence-corrected chi connectivity index (χ4v) is 2.20. The molecular formula is C14H19ClN2O. The fourth-order valence-electron chi connectivity index (χ4n) is 2.06. The highest BCUT2D eigenvalue weighted by Crippen LogP contribution is 2.39. The second-order valence-electron chi connectivity index (χ2n) is 5.93. The van der Waals surface area contributed by atoms with E-state index < -0.39 is 0 Å². The molecule has 0 saturated carbocycles. The Kier molecular flexibility index (Phi) is 3.28. The third-order valence-electron chi connectivity index (χ3n) is 3.18. The zero-order valence-corrected chi connectivity index (χ0v) is 12.0. The summed E-state index contributed by atoms with van der Waals surface area (Å²) in [5, 5.41) is 2.82. The summed E-state index contributed by atoms with van der Waals surface area (Å²) in [5.74, 6) is 0. The topological polar surface area (TPSA) is 32.3 Å². The summed E-state index contributed by atoms with van der Waals surface area (Å²) in [7, 11) is 1.78. The molecule has 1 aromatic rings. The normalized spacial score (nSPS) is 17.2. The molecule has 1 atom stereocenters. The largest absolute Gasteiger partial charge is 0.323 e. The van der Waals surface area contributed by atoms with Gasteiger partial charge in [-0.2, -0.15) is 0 Å². The van der Waals surface area contributed by atoms with Crippen LogP contribution in [0, 0.1) is 5.41 Å². The lowest BCUT2D eigenvalue weighted by Crippen LogP contribution is -2.35. The molecule has 0 bridgehead atoms. The van der Waals surface area contributed by atoms with Gasteiger partial charge in [-0.15, -0.1) is 11.6 Å². The van der Waals surface area contributed by atoms with E-state index in [0.29, 0.717) is 6.54 Å². The van der Waals surface area contributed by atoms with Crippen LogP contribution in [0.4, 0.5) is 10.5 Å². The molecule has 98 valence electrons. The lowest BCUT2D eigenvalue weighted by atomic mass is 9.86. The number of hydrogen-bond acceptors (Lipinski definition) is 1. The minimum atomic E-state index is -0.0616. The first-order valence-electron chi connectivity index (χ1n) is 6.08. The average Bonchev–Trinajstić information content (AvgIpc) is 2.28. The van der Waals surface area contributed by atoms with Gasteiger partial charge in [0.2, 0.25) is 0 Å². The summed E-state index contributed by atoms with van der Waals surface area (Å²) in [4.78, 5) is 13.2. The van der Waals surface area contributed by atoms with Gasteiger partial charge < -0.3 is 10.2 Å². The van der Waals surface area contributed by atoms with Crippen molar-refractivity contribution in [3.05, 3.63) is 29.3 Å². The SMILES string of the molecule is CN1Cc2cc(C(Cl)C(C)(C)C)ccc2NC1=O. The van der Waals surface area contributed by atoms with Crippen LogP contribution in [0.25, 0.3) is 0 Å². The van der Waals surface area contributed by atoms with Crippen molar-refractivity contribution in [1.82, 2.24) is 4.90 Å². The standard InChI is InChI=1S/C14H19ClN2O/c1-14(2,3)12(15)9-5-6-11-10(7-9)8-17(4)13(18)16-11/h5-7,12H,8H2,1-4H3,(H,16,18). The molecule has 0 fully saturated rings. The molecule has 1 heterocycles. The van der Waals surface area contributed by atoms with Crippen LogP contribution in [0.15, 0.2) is 18.2 Å². The zero-order valence-electron chi connectivity index (χ0n) is 11.2. The molecule has 3 nitrogen and oxygen atoms in total. The van der Waals surface area contributed by atoms with Gasteiger partial charge in [0.25, 0.3) is 0 Å². The van der Waals surface area contributed by atoms with E-state index in [1.807, 2.05) is 12.1 Å². The maximum absolute atomic E-state index is 11.5. The molecule has 2 amide bonds. The van der Waals surface area contributed by atoms with E-state index in [0.717, 1.165) is 16.8 Å². The summed E-state index contributed by atoms with van der Waals surface area (Å²) in [6.45, 7) is 7.00. The van der Waals surface area contributed by atoms with Crippen molar-refractivity contribution in [1.29, 1.82) is 0 Å². The first kappa shape index (κ1) is 13.2. The van der Waals surface area contributed by atoms with E-state index in [1.165, 1.54) is 0 Å². The van der Waals surface area contributed by atoms with Crippen molar-refractivity contribution in [2.24, 2.45) is 5.41 Å². The summed E-state index contributed by atoms with van der Waals surface area (Å²) < 4.78 is 0. The van der Waals surface area contributed by atoms with Gasteiger partial charge in [-0.1, -0.05) is 32.9 Å². The lowest BCUT2D eigenvalue weighted by molar-refractivity contribution is 0.218. The molecule has 18 heavy (non-hydrogen) atoms. The molecule has 4 heteroatoms. The number of benzene rings is 1. The molecule has 0 spiro atoms. The summed E-state index contributed by atoms with van der Waals surface area (Å²) in [6.07, 6.45) is 0. The number of nitrogens with one attached hydrogen (secondary N) is 1. The summed E-state index contributed by atoms with van der Waals surface area (Å²) >= 11 is 6.49. The third-order valence-corrected chi connectivity index (χ3v) is 4.08. The Labute approximate surface area is 113 Å². The summed E-state index contributed by atoms with van der Waals surface area (Å²) in [6, 6.07) is 5.96. The molecule has 0 saturated heterocycles. The molecule has 1 aromatic carbocycles. The smallest absolute Gasteiger partial charge is 0.321 e. The van der Waals surface area contributed by atoms with Crippen molar-refractivity contribution in [2.75, 3.05) is 12.4 Å². The Bertz CT molecular complexity index is 479. The lowest BCUT2D eigenvalue weighted by Gasteiger charge is -2.29. The Balaban J connectivity index is 2.33. The van der Waals surface area contributed by atoms with Crippen LogP contribution in [0.5, 0.6) is 0 Å². The highest BCUT2D eigenvalue weighted by Gasteiger charge is 2.26. The van der Waals surface area contributed by atoms with Crippen molar-refractivity contribution in [3.8, 4) is 0 Å². The first-order valence-corrected chi connectivity index (χ1v) is 6.51. The van der Waals surface area contributed by atoms with Gasteiger partial charge in [0.1, 0.15) is 0 Å². The number of carbonyl (C=O) groups is 1.